The van der Waals surface area contributed by atoms with Gasteiger partial charge < -0.3 is 10.2 Å². The molecule has 2 heterocycles. The number of fused-ring (bicyclic) bond motifs is 1. The molecule has 0 amide bonds. The lowest BCUT2D eigenvalue weighted by molar-refractivity contribution is 0.212. The first-order valence-corrected chi connectivity index (χ1v) is 6.55. The molecule has 2 fully saturated rings. The van der Waals surface area contributed by atoms with E-state index in [2.05, 4.69) is 55.3 Å². The summed E-state index contributed by atoms with van der Waals surface area (Å²) in [7, 11) is 0. The highest BCUT2D eigenvalue weighted by atomic mass is 15.2. The van der Waals surface area contributed by atoms with Crippen LogP contribution >= 0.6 is 0 Å². The highest BCUT2D eigenvalue weighted by Gasteiger charge is 2.54. The van der Waals surface area contributed by atoms with Gasteiger partial charge >= 0.3 is 0 Å². The Kier molecular flexibility index (Phi) is 2.27. The van der Waals surface area contributed by atoms with Crippen LogP contribution in [0.15, 0.2) is 24.3 Å². The maximum absolute atomic E-state index is 3.56. The molecule has 1 aromatic rings. The first kappa shape index (κ1) is 11.1. The molecule has 0 spiro atoms. The van der Waals surface area contributed by atoms with Gasteiger partial charge in [0, 0.05) is 42.7 Å². The lowest BCUT2D eigenvalue weighted by Crippen LogP contribution is -2.34. The van der Waals surface area contributed by atoms with E-state index in [1.165, 1.54) is 24.3 Å². The molecule has 0 unspecified atom stereocenters. The van der Waals surface area contributed by atoms with Crippen LogP contribution in [0.5, 0.6) is 0 Å². The van der Waals surface area contributed by atoms with Crippen molar-refractivity contribution in [3.63, 3.8) is 0 Å². The summed E-state index contributed by atoms with van der Waals surface area (Å²) in [4.78, 5) is 2.56. The third-order valence-electron chi connectivity index (χ3n) is 4.97. The van der Waals surface area contributed by atoms with Gasteiger partial charge in [-0.15, -0.1) is 0 Å². The van der Waals surface area contributed by atoms with E-state index < -0.39 is 0 Å². The normalized spacial score (nSPS) is 36.3. The van der Waals surface area contributed by atoms with Crippen molar-refractivity contribution >= 4 is 5.69 Å². The van der Waals surface area contributed by atoms with Gasteiger partial charge in [-0.3, -0.25) is 0 Å². The molecule has 2 heteroatoms. The second-order valence-corrected chi connectivity index (χ2v) is 6.42. The Morgan fingerprint density at radius 3 is 2.06 bits per heavy atom. The minimum absolute atomic E-state index is 0.428. The van der Waals surface area contributed by atoms with E-state index in [1.54, 1.807) is 0 Å². The Bertz CT molecular complexity index is 407. The largest absolute Gasteiger partial charge is 0.370 e. The first-order chi connectivity index (χ1) is 8.02. The van der Waals surface area contributed by atoms with Crippen LogP contribution in [-0.2, 0) is 0 Å². The fraction of sp³-hybridized carbons (Fsp3) is 0.600. The van der Waals surface area contributed by atoms with Crippen molar-refractivity contribution in [3.8, 4) is 0 Å². The number of nitrogens with zero attached hydrogens (tertiary/aromatic N) is 1. The summed E-state index contributed by atoms with van der Waals surface area (Å²) in [6, 6.07) is 8.95. The SMILES string of the molecule is Cc1ccc(N2C[C@]3(C)CNC[C@]3(C)C2)cc1. The molecule has 2 atom stereocenters. The van der Waals surface area contributed by atoms with Crippen molar-refractivity contribution in [2.24, 2.45) is 10.8 Å². The first-order valence-electron chi connectivity index (χ1n) is 6.55. The zero-order valence-corrected chi connectivity index (χ0v) is 11.1. The van der Waals surface area contributed by atoms with E-state index in [1.807, 2.05) is 0 Å². The lowest BCUT2D eigenvalue weighted by atomic mass is 9.71. The topological polar surface area (TPSA) is 15.3 Å². The summed E-state index contributed by atoms with van der Waals surface area (Å²) in [5.74, 6) is 0. The van der Waals surface area contributed by atoms with Gasteiger partial charge in [0.15, 0.2) is 0 Å². The fourth-order valence-electron chi connectivity index (χ4n) is 3.37. The molecule has 0 saturated carbocycles. The van der Waals surface area contributed by atoms with Crippen LogP contribution < -0.4 is 10.2 Å². The van der Waals surface area contributed by atoms with Crippen molar-refractivity contribution in [2.45, 2.75) is 20.8 Å². The molecule has 2 aliphatic heterocycles. The van der Waals surface area contributed by atoms with Crippen LogP contribution in [-0.4, -0.2) is 26.2 Å². The van der Waals surface area contributed by atoms with E-state index in [-0.39, 0.29) is 0 Å². The van der Waals surface area contributed by atoms with E-state index in [4.69, 9.17) is 0 Å². The molecular formula is C15H22N2. The van der Waals surface area contributed by atoms with Gasteiger partial charge in [0.25, 0.3) is 0 Å². The minimum atomic E-state index is 0.428. The smallest absolute Gasteiger partial charge is 0.0366 e. The fourth-order valence-corrected chi connectivity index (χ4v) is 3.37. The molecule has 92 valence electrons. The zero-order valence-electron chi connectivity index (χ0n) is 11.1. The standard InChI is InChI=1S/C15H22N2/c1-12-4-6-13(7-5-12)17-10-14(2)8-16-9-15(14,3)11-17/h4-7,16H,8-11H2,1-3H3/t14-,15+. The maximum Gasteiger partial charge on any atom is 0.0366 e. The Morgan fingerprint density at radius 2 is 1.53 bits per heavy atom. The number of aryl methyl sites for hydroxylation is 1. The van der Waals surface area contributed by atoms with Crippen molar-refractivity contribution in [3.05, 3.63) is 29.8 Å². The van der Waals surface area contributed by atoms with Crippen LogP contribution in [0.2, 0.25) is 0 Å². The number of benzene rings is 1. The molecule has 17 heavy (non-hydrogen) atoms. The Hall–Kier alpha value is -1.02. The molecule has 2 aliphatic rings. The van der Waals surface area contributed by atoms with Crippen LogP contribution in [0.25, 0.3) is 0 Å². The van der Waals surface area contributed by atoms with Crippen molar-refractivity contribution in [2.75, 3.05) is 31.1 Å². The highest BCUT2D eigenvalue weighted by molar-refractivity contribution is 5.50. The molecule has 0 bridgehead atoms. The summed E-state index contributed by atoms with van der Waals surface area (Å²) in [6.07, 6.45) is 0. The number of nitrogens with one attached hydrogen (secondary N) is 1. The van der Waals surface area contributed by atoms with E-state index >= 15 is 0 Å². The van der Waals surface area contributed by atoms with Crippen molar-refractivity contribution in [1.82, 2.24) is 5.32 Å². The van der Waals surface area contributed by atoms with Crippen molar-refractivity contribution in [1.29, 1.82) is 0 Å². The highest BCUT2D eigenvalue weighted by Crippen LogP contribution is 2.49. The molecule has 1 aromatic carbocycles. The summed E-state index contributed by atoms with van der Waals surface area (Å²) in [5, 5.41) is 3.56. The van der Waals surface area contributed by atoms with Gasteiger partial charge in [0.2, 0.25) is 0 Å². The monoisotopic (exact) mass is 230 g/mol. The van der Waals surface area contributed by atoms with Gasteiger partial charge in [0.1, 0.15) is 0 Å². The lowest BCUT2D eigenvalue weighted by Gasteiger charge is -2.30. The summed E-state index contributed by atoms with van der Waals surface area (Å²) < 4.78 is 0. The molecule has 3 rings (SSSR count). The number of hydrogen-bond acceptors (Lipinski definition) is 2. The maximum atomic E-state index is 3.56. The van der Waals surface area contributed by atoms with Crippen LogP contribution in [0.1, 0.15) is 19.4 Å². The van der Waals surface area contributed by atoms with Crippen molar-refractivity contribution < 1.29 is 0 Å². The number of anilines is 1. The quantitative estimate of drug-likeness (QED) is 0.797. The molecule has 2 saturated heterocycles. The Balaban J connectivity index is 1.87. The molecule has 2 nitrogen and oxygen atoms in total. The zero-order chi connectivity index (χ0) is 12.1. The molecule has 1 N–H and O–H groups in total. The van der Waals surface area contributed by atoms with Gasteiger partial charge in [0.05, 0.1) is 0 Å². The number of rotatable bonds is 1. The predicted molar refractivity (Wildman–Crippen MR) is 72.5 cm³/mol. The van der Waals surface area contributed by atoms with Gasteiger partial charge in [-0.1, -0.05) is 31.5 Å². The average molecular weight is 230 g/mol. The van der Waals surface area contributed by atoms with Crippen LogP contribution in [0, 0.1) is 17.8 Å². The molecular weight excluding hydrogens is 208 g/mol. The molecule has 0 aliphatic carbocycles. The van der Waals surface area contributed by atoms with Gasteiger partial charge in [-0.2, -0.15) is 0 Å². The van der Waals surface area contributed by atoms with E-state index in [0.29, 0.717) is 10.8 Å². The molecule has 0 aromatic heterocycles. The molecule has 0 radical (unpaired) electrons. The second-order valence-electron chi connectivity index (χ2n) is 6.42. The number of hydrogen-bond donors (Lipinski definition) is 1. The summed E-state index contributed by atoms with van der Waals surface area (Å²) >= 11 is 0. The Labute approximate surface area is 104 Å². The third-order valence-corrected chi connectivity index (χ3v) is 4.97. The van der Waals surface area contributed by atoms with Gasteiger partial charge in [-0.25, -0.2) is 0 Å². The Morgan fingerprint density at radius 1 is 1.00 bits per heavy atom. The average Bonchev–Trinajstić information content (AvgIpc) is 2.67. The summed E-state index contributed by atoms with van der Waals surface area (Å²) in [6.45, 7) is 11.7. The van der Waals surface area contributed by atoms with Crippen LogP contribution in [0.3, 0.4) is 0 Å². The van der Waals surface area contributed by atoms with E-state index in [0.717, 1.165) is 13.1 Å². The van der Waals surface area contributed by atoms with Gasteiger partial charge in [-0.05, 0) is 19.1 Å². The second kappa shape index (κ2) is 3.49. The van der Waals surface area contributed by atoms with Crippen LogP contribution in [0.4, 0.5) is 5.69 Å². The predicted octanol–water partition coefficient (Wildman–Crippen LogP) is 2.43. The third kappa shape index (κ3) is 1.58. The van der Waals surface area contributed by atoms with E-state index in [9.17, 15) is 0 Å². The summed E-state index contributed by atoms with van der Waals surface area (Å²) in [5.41, 5.74) is 3.58. The minimum Gasteiger partial charge on any atom is -0.370 e.